The van der Waals surface area contributed by atoms with Crippen molar-refractivity contribution in [1.82, 2.24) is 0 Å². The molecule has 100 valence electrons. The van der Waals surface area contributed by atoms with Gasteiger partial charge in [0.25, 0.3) is 0 Å². The van der Waals surface area contributed by atoms with Gasteiger partial charge in [-0.2, -0.15) is 0 Å². The van der Waals surface area contributed by atoms with Crippen molar-refractivity contribution in [2.45, 2.75) is 34.3 Å². The monoisotopic (exact) mass is 318 g/mol. The third-order valence-electron chi connectivity index (χ3n) is 3.36. The number of hydrogen-bond acceptors (Lipinski definition) is 1. The van der Waals surface area contributed by atoms with Crippen LogP contribution in [0.15, 0.2) is 34.8 Å². The number of hydrogen-bond donors (Lipinski definition) is 0. The number of rotatable bonds is 3. The van der Waals surface area contributed by atoms with Crippen molar-refractivity contribution in [1.29, 1.82) is 0 Å². The second kappa shape index (κ2) is 5.79. The molecule has 2 rings (SSSR count). The summed E-state index contributed by atoms with van der Waals surface area (Å²) in [5, 5.41) is 0. The molecule has 2 heteroatoms. The molecule has 0 unspecified atom stereocenters. The van der Waals surface area contributed by atoms with Crippen LogP contribution < -0.4 is 4.74 Å². The number of aryl methyl sites for hydroxylation is 4. The van der Waals surface area contributed by atoms with E-state index in [1.54, 1.807) is 0 Å². The Morgan fingerprint density at radius 2 is 1.53 bits per heavy atom. The topological polar surface area (TPSA) is 9.23 Å². The molecule has 0 fully saturated rings. The lowest BCUT2D eigenvalue weighted by molar-refractivity contribution is 0.302. The van der Waals surface area contributed by atoms with E-state index in [2.05, 4.69) is 61.8 Å². The lowest BCUT2D eigenvalue weighted by atomic mass is 10.0. The van der Waals surface area contributed by atoms with Gasteiger partial charge in [0.05, 0.1) is 0 Å². The SMILES string of the molecule is Cc1cc(C)c(COc2cc(Br)ccc2C)c(C)c1. The van der Waals surface area contributed by atoms with Crippen LogP contribution in [0.3, 0.4) is 0 Å². The molecule has 0 atom stereocenters. The third-order valence-corrected chi connectivity index (χ3v) is 3.86. The van der Waals surface area contributed by atoms with Crippen LogP contribution in [0.1, 0.15) is 27.8 Å². The van der Waals surface area contributed by atoms with Crippen molar-refractivity contribution in [3.8, 4) is 5.75 Å². The zero-order valence-corrected chi connectivity index (χ0v) is 13.5. The average Bonchev–Trinajstić information content (AvgIpc) is 2.32. The van der Waals surface area contributed by atoms with E-state index in [-0.39, 0.29) is 0 Å². The first-order chi connectivity index (χ1) is 8.97. The summed E-state index contributed by atoms with van der Waals surface area (Å²) >= 11 is 3.48. The van der Waals surface area contributed by atoms with Gasteiger partial charge in [-0.05, 0) is 62.1 Å². The van der Waals surface area contributed by atoms with E-state index in [0.29, 0.717) is 6.61 Å². The maximum atomic E-state index is 5.98. The molecule has 0 spiro atoms. The van der Waals surface area contributed by atoms with Crippen LogP contribution in [0.25, 0.3) is 0 Å². The van der Waals surface area contributed by atoms with E-state index in [1.165, 1.54) is 22.3 Å². The lowest BCUT2D eigenvalue weighted by Crippen LogP contribution is -2.02. The number of benzene rings is 2. The fraction of sp³-hybridized carbons (Fsp3) is 0.294. The maximum absolute atomic E-state index is 5.98. The minimum Gasteiger partial charge on any atom is -0.489 e. The maximum Gasteiger partial charge on any atom is 0.123 e. The van der Waals surface area contributed by atoms with Gasteiger partial charge >= 0.3 is 0 Å². The van der Waals surface area contributed by atoms with E-state index >= 15 is 0 Å². The first-order valence-electron chi connectivity index (χ1n) is 6.43. The summed E-state index contributed by atoms with van der Waals surface area (Å²) < 4.78 is 7.02. The zero-order valence-electron chi connectivity index (χ0n) is 11.9. The molecule has 0 amide bonds. The number of halogens is 1. The Bertz CT molecular complexity index is 579. The summed E-state index contributed by atoms with van der Waals surface area (Å²) in [6, 6.07) is 10.5. The highest BCUT2D eigenvalue weighted by atomic mass is 79.9. The van der Waals surface area contributed by atoms with Gasteiger partial charge in [-0.25, -0.2) is 0 Å². The Hall–Kier alpha value is -1.28. The Morgan fingerprint density at radius 3 is 2.16 bits per heavy atom. The van der Waals surface area contributed by atoms with E-state index in [4.69, 9.17) is 4.74 Å². The van der Waals surface area contributed by atoms with Gasteiger partial charge in [-0.3, -0.25) is 0 Å². The molecular weight excluding hydrogens is 300 g/mol. The predicted molar refractivity (Wildman–Crippen MR) is 83.9 cm³/mol. The van der Waals surface area contributed by atoms with Crippen molar-refractivity contribution in [2.75, 3.05) is 0 Å². The van der Waals surface area contributed by atoms with Gasteiger partial charge in [-0.15, -0.1) is 0 Å². The molecule has 0 saturated heterocycles. The van der Waals surface area contributed by atoms with E-state index in [9.17, 15) is 0 Å². The summed E-state index contributed by atoms with van der Waals surface area (Å²) in [5.74, 6) is 0.939. The molecule has 0 saturated carbocycles. The van der Waals surface area contributed by atoms with Gasteiger partial charge in [0.2, 0.25) is 0 Å². The summed E-state index contributed by atoms with van der Waals surface area (Å²) in [6.07, 6.45) is 0. The van der Waals surface area contributed by atoms with Crippen LogP contribution in [0.4, 0.5) is 0 Å². The molecule has 2 aromatic rings. The molecule has 0 aliphatic heterocycles. The van der Waals surface area contributed by atoms with Gasteiger partial charge < -0.3 is 4.74 Å². The van der Waals surface area contributed by atoms with Crippen LogP contribution in [0, 0.1) is 27.7 Å². The summed E-state index contributed by atoms with van der Waals surface area (Å²) in [4.78, 5) is 0. The highest BCUT2D eigenvalue weighted by molar-refractivity contribution is 9.10. The molecular formula is C17H19BrO. The summed E-state index contributed by atoms with van der Waals surface area (Å²) in [7, 11) is 0. The molecule has 0 aliphatic carbocycles. The van der Waals surface area contributed by atoms with E-state index in [0.717, 1.165) is 15.8 Å². The average molecular weight is 319 g/mol. The zero-order chi connectivity index (χ0) is 14.0. The predicted octanol–water partition coefficient (Wildman–Crippen LogP) is 5.26. The van der Waals surface area contributed by atoms with Crippen molar-refractivity contribution in [3.63, 3.8) is 0 Å². The molecule has 19 heavy (non-hydrogen) atoms. The third kappa shape index (κ3) is 3.38. The Morgan fingerprint density at radius 1 is 0.895 bits per heavy atom. The summed E-state index contributed by atoms with van der Waals surface area (Å²) in [6.45, 7) is 9.11. The molecule has 0 radical (unpaired) electrons. The van der Waals surface area contributed by atoms with Gasteiger partial charge in [0, 0.05) is 4.47 Å². The standard InChI is InChI=1S/C17H19BrO/c1-11-7-13(3)16(14(4)8-11)10-19-17-9-15(18)6-5-12(17)2/h5-9H,10H2,1-4H3. The molecule has 0 aromatic heterocycles. The van der Waals surface area contributed by atoms with Crippen LogP contribution in [0.2, 0.25) is 0 Å². The normalized spacial score (nSPS) is 10.6. The molecule has 0 bridgehead atoms. The fourth-order valence-electron chi connectivity index (χ4n) is 2.32. The van der Waals surface area contributed by atoms with Crippen molar-refractivity contribution in [2.24, 2.45) is 0 Å². The van der Waals surface area contributed by atoms with Gasteiger partial charge in [0.1, 0.15) is 12.4 Å². The minimum absolute atomic E-state index is 0.620. The van der Waals surface area contributed by atoms with Crippen molar-refractivity contribution < 1.29 is 4.74 Å². The highest BCUT2D eigenvalue weighted by Crippen LogP contribution is 2.25. The first-order valence-corrected chi connectivity index (χ1v) is 7.22. The minimum atomic E-state index is 0.620. The lowest BCUT2D eigenvalue weighted by Gasteiger charge is -2.14. The van der Waals surface area contributed by atoms with Crippen molar-refractivity contribution >= 4 is 15.9 Å². The molecule has 0 N–H and O–H groups in total. The second-order valence-electron chi connectivity index (χ2n) is 5.08. The van der Waals surface area contributed by atoms with Crippen LogP contribution in [0.5, 0.6) is 5.75 Å². The Labute approximate surface area is 123 Å². The second-order valence-corrected chi connectivity index (χ2v) is 5.99. The first kappa shape index (κ1) is 14.1. The van der Waals surface area contributed by atoms with Crippen LogP contribution in [-0.2, 0) is 6.61 Å². The molecule has 1 nitrogen and oxygen atoms in total. The number of ether oxygens (including phenoxy) is 1. The highest BCUT2D eigenvalue weighted by Gasteiger charge is 2.06. The van der Waals surface area contributed by atoms with E-state index < -0.39 is 0 Å². The van der Waals surface area contributed by atoms with Gasteiger partial charge in [-0.1, -0.05) is 39.7 Å². The Kier molecular flexibility index (Phi) is 4.31. The van der Waals surface area contributed by atoms with Crippen molar-refractivity contribution in [3.05, 3.63) is 62.6 Å². The fourth-order valence-corrected chi connectivity index (χ4v) is 2.66. The molecule has 0 aliphatic rings. The quantitative estimate of drug-likeness (QED) is 0.749. The summed E-state index contributed by atoms with van der Waals surface area (Å²) in [5.41, 5.74) is 6.34. The van der Waals surface area contributed by atoms with Gasteiger partial charge in [0.15, 0.2) is 0 Å². The largest absolute Gasteiger partial charge is 0.489 e. The smallest absolute Gasteiger partial charge is 0.123 e. The van der Waals surface area contributed by atoms with Crippen LogP contribution >= 0.6 is 15.9 Å². The van der Waals surface area contributed by atoms with Crippen LogP contribution in [-0.4, -0.2) is 0 Å². The van der Waals surface area contributed by atoms with E-state index in [1.807, 2.05) is 12.1 Å². The molecule has 0 heterocycles. The Balaban J connectivity index is 2.21. The molecule has 2 aromatic carbocycles.